The van der Waals surface area contributed by atoms with Crippen molar-refractivity contribution in [3.05, 3.63) is 46.3 Å². The number of nitrogens with one attached hydrogen (secondary N) is 1. The number of hydrogen-bond donors (Lipinski definition) is 1. The molecule has 2 fully saturated rings. The van der Waals surface area contributed by atoms with E-state index in [1.807, 2.05) is 12.2 Å². The predicted molar refractivity (Wildman–Crippen MR) is 193 cm³/mol. The summed E-state index contributed by atoms with van der Waals surface area (Å²) in [5, 5.41) is 13.8. The molecule has 0 radical (unpaired) electrons. The Kier molecular flexibility index (Phi) is 21.7. The van der Waals surface area contributed by atoms with Gasteiger partial charge in [0.1, 0.15) is 12.6 Å². The van der Waals surface area contributed by atoms with Crippen molar-refractivity contribution in [2.75, 3.05) is 6.61 Å². The van der Waals surface area contributed by atoms with Gasteiger partial charge in [-0.1, -0.05) is 112 Å². The second kappa shape index (κ2) is 24.9. The molecule has 0 spiro atoms. The molecule has 2 aliphatic carbocycles. The standard InChI is InChI=1S/C38H62ClN3O4/c1-2-38(27-22-28-38)36(42-45)25-21-24-33-32(34(39)31-35(33)41-44)23-17-13-14-18-26-37(43)46-30-20-16-12-10-8-6-4-3-5-7-9-11-15-19-29-40/h13,16-17,20-21,24,29,32-36,40H,2-12,14-15,18-19,22-23,25-28,30-31H2,1H3/b17-13-,20-16+,24-21+,40-29?/t32-,33-,34-,35-,36+/m1/s1. The van der Waals surface area contributed by atoms with Crippen LogP contribution in [0.25, 0.3) is 0 Å². The summed E-state index contributed by atoms with van der Waals surface area (Å²) in [5.41, 5.74) is 0.0482. The van der Waals surface area contributed by atoms with E-state index in [0.717, 1.165) is 51.4 Å². The van der Waals surface area contributed by atoms with E-state index in [-0.39, 0.29) is 40.7 Å². The number of allylic oxidation sites excluding steroid dienone is 3. The number of carbonyl (C=O) groups excluding carboxylic acids is 1. The maximum atomic E-state index is 12.1. The number of unbranched alkanes of at least 4 members (excludes halogenated alkanes) is 12. The van der Waals surface area contributed by atoms with Gasteiger partial charge in [-0.3, -0.25) is 4.79 Å². The lowest BCUT2D eigenvalue weighted by Crippen LogP contribution is -2.39. The molecule has 0 aliphatic heterocycles. The first-order valence-electron chi connectivity index (χ1n) is 18.4. The molecule has 0 heterocycles. The maximum absolute atomic E-state index is 12.1. The predicted octanol–water partition coefficient (Wildman–Crippen LogP) is 11.6. The van der Waals surface area contributed by atoms with Crippen molar-refractivity contribution in [3.63, 3.8) is 0 Å². The first-order valence-corrected chi connectivity index (χ1v) is 18.8. The van der Waals surface area contributed by atoms with E-state index in [4.69, 9.17) is 21.7 Å². The molecule has 0 unspecified atom stereocenters. The number of carbonyl (C=O) groups is 1. The van der Waals surface area contributed by atoms with E-state index < -0.39 is 0 Å². The Hall–Kier alpha value is -2.15. The molecule has 0 amide bonds. The number of halogens is 1. The highest BCUT2D eigenvalue weighted by molar-refractivity contribution is 6.21. The molecule has 8 heteroatoms. The Bertz CT molecular complexity index is 943. The summed E-state index contributed by atoms with van der Waals surface area (Å²) in [6.45, 7) is 2.49. The summed E-state index contributed by atoms with van der Waals surface area (Å²) in [6, 6.07) is -0.549. The van der Waals surface area contributed by atoms with Crippen LogP contribution in [0.1, 0.15) is 148 Å². The van der Waals surface area contributed by atoms with Crippen LogP contribution in [0.15, 0.2) is 46.8 Å². The van der Waals surface area contributed by atoms with E-state index in [2.05, 4.69) is 41.6 Å². The van der Waals surface area contributed by atoms with Crippen LogP contribution in [-0.4, -0.2) is 36.3 Å². The van der Waals surface area contributed by atoms with Gasteiger partial charge in [-0.05, 0) is 94.6 Å². The number of hydrogen-bond acceptors (Lipinski definition) is 7. The zero-order chi connectivity index (χ0) is 33.3. The highest BCUT2D eigenvalue weighted by Gasteiger charge is 2.44. The minimum atomic E-state index is -0.341. The number of alkyl halides is 1. The van der Waals surface area contributed by atoms with Gasteiger partial charge in [-0.2, -0.15) is 9.81 Å². The van der Waals surface area contributed by atoms with Crippen molar-refractivity contribution in [2.24, 2.45) is 27.6 Å². The highest BCUT2D eigenvalue weighted by Crippen LogP contribution is 2.49. The largest absolute Gasteiger partial charge is 0.461 e. The van der Waals surface area contributed by atoms with Crippen molar-refractivity contribution >= 4 is 23.8 Å². The zero-order valence-corrected chi connectivity index (χ0v) is 29.4. The molecule has 2 saturated carbocycles. The van der Waals surface area contributed by atoms with E-state index in [1.54, 1.807) is 0 Å². The fourth-order valence-corrected chi connectivity index (χ4v) is 7.61. The van der Waals surface area contributed by atoms with Crippen molar-refractivity contribution in [3.8, 4) is 0 Å². The average Bonchev–Trinajstić information content (AvgIpc) is 3.34. The van der Waals surface area contributed by atoms with Crippen LogP contribution in [0.5, 0.6) is 0 Å². The second-order valence-electron chi connectivity index (χ2n) is 13.6. The molecule has 0 aromatic heterocycles. The molecule has 2 aliphatic rings. The lowest BCUT2D eigenvalue weighted by molar-refractivity contribution is -0.142. The molecule has 2 rings (SSSR count). The van der Waals surface area contributed by atoms with Gasteiger partial charge in [0.05, 0.1) is 6.04 Å². The van der Waals surface area contributed by atoms with Gasteiger partial charge < -0.3 is 10.1 Å². The normalized spacial score (nSPS) is 23.2. The van der Waals surface area contributed by atoms with Crippen LogP contribution < -0.4 is 0 Å². The molecule has 0 aromatic rings. The Balaban J connectivity index is 1.53. The first-order chi connectivity index (χ1) is 22.5. The number of nitrogens with zero attached hydrogens (tertiary/aromatic N) is 2. The second-order valence-corrected chi connectivity index (χ2v) is 14.2. The van der Waals surface area contributed by atoms with E-state index in [9.17, 15) is 14.6 Å². The summed E-state index contributed by atoms with van der Waals surface area (Å²) in [7, 11) is 0. The summed E-state index contributed by atoms with van der Waals surface area (Å²) in [6.07, 6.45) is 36.8. The molecule has 5 atom stereocenters. The minimum Gasteiger partial charge on any atom is -0.461 e. The van der Waals surface area contributed by atoms with Gasteiger partial charge in [-0.25, -0.2) is 0 Å². The van der Waals surface area contributed by atoms with Crippen molar-refractivity contribution < 1.29 is 9.53 Å². The number of ether oxygens (including phenoxy) is 1. The Morgan fingerprint density at radius 2 is 1.52 bits per heavy atom. The maximum Gasteiger partial charge on any atom is 0.306 e. The Morgan fingerprint density at radius 1 is 0.891 bits per heavy atom. The fourth-order valence-electron chi connectivity index (χ4n) is 7.16. The number of esters is 1. The fraction of sp³-hybridized carbons (Fsp3) is 0.789. The molecular formula is C38H62ClN3O4. The Labute approximate surface area is 284 Å². The zero-order valence-electron chi connectivity index (χ0n) is 28.6. The minimum absolute atomic E-state index is 0.0339. The lowest BCUT2D eigenvalue weighted by Gasteiger charge is -2.44. The summed E-state index contributed by atoms with van der Waals surface area (Å²) < 4.78 is 5.34. The quantitative estimate of drug-likeness (QED) is 0.0225. The van der Waals surface area contributed by atoms with Gasteiger partial charge in [-0.15, -0.1) is 11.6 Å². The van der Waals surface area contributed by atoms with Crippen LogP contribution in [0, 0.1) is 32.5 Å². The monoisotopic (exact) mass is 659 g/mol. The van der Waals surface area contributed by atoms with Gasteiger partial charge in [0.15, 0.2) is 0 Å². The van der Waals surface area contributed by atoms with Gasteiger partial charge >= 0.3 is 5.97 Å². The first kappa shape index (κ1) is 40.0. The van der Waals surface area contributed by atoms with Crippen LogP contribution in [-0.2, 0) is 9.53 Å². The molecule has 0 aromatic carbocycles. The van der Waals surface area contributed by atoms with Crippen molar-refractivity contribution in [1.82, 2.24) is 0 Å². The smallest absolute Gasteiger partial charge is 0.306 e. The summed E-state index contributed by atoms with van der Waals surface area (Å²) in [5.74, 6) is -0.0814. The average molecular weight is 660 g/mol. The SMILES string of the molecule is CCC1([C@H](C/C=C/[C@@H]2[C@@H](C/C=C\CCCC(=O)OC/C=C/CCCCCCCCCCCCC=N)[C@H](Cl)C[C@H]2N=O)N=O)CCC1. The lowest BCUT2D eigenvalue weighted by atomic mass is 9.62. The molecule has 1 N–H and O–H groups in total. The molecular weight excluding hydrogens is 598 g/mol. The number of rotatable bonds is 28. The highest BCUT2D eigenvalue weighted by atomic mass is 35.5. The molecule has 0 saturated heterocycles. The Morgan fingerprint density at radius 3 is 2.11 bits per heavy atom. The van der Waals surface area contributed by atoms with E-state index >= 15 is 0 Å². The summed E-state index contributed by atoms with van der Waals surface area (Å²) >= 11 is 6.66. The van der Waals surface area contributed by atoms with Gasteiger partial charge in [0, 0.05) is 17.7 Å². The number of nitroso groups, excluding NO2 is 2. The van der Waals surface area contributed by atoms with Crippen molar-refractivity contribution in [2.45, 2.75) is 166 Å². The van der Waals surface area contributed by atoms with Crippen LogP contribution in [0.2, 0.25) is 0 Å². The van der Waals surface area contributed by atoms with Crippen LogP contribution in [0.3, 0.4) is 0 Å². The van der Waals surface area contributed by atoms with Gasteiger partial charge in [0.2, 0.25) is 0 Å². The molecule has 260 valence electrons. The molecule has 0 bridgehead atoms. The third kappa shape index (κ3) is 15.2. The van der Waals surface area contributed by atoms with E-state index in [0.29, 0.717) is 25.9 Å². The van der Waals surface area contributed by atoms with Crippen LogP contribution in [0.4, 0.5) is 0 Å². The van der Waals surface area contributed by atoms with Gasteiger partial charge in [0.25, 0.3) is 0 Å². The summed E-state index contributed by atoms with van der Waals surface area (Å²) in [4.78, 5) is 35.2. The van der Waals surface area contributed by atoms with E-state index in [1.165, 1.54) is 76.8 Å². The topological polar surface area (TPSA) is 109 Å². The third-order valence-corrected chi connectivity index (χ3v) is 10.9. The van der Waals surface area contributed by atoms with Crippen molar-refractivity contribution in [1.29, 1.82) is 5.41 Å². The molecule has 7 nitrogen and oxygen atoms in total. The third-order valence-electron chi connectivity index (χ3n) is 10.4. The molecule has 46 heavy (non-hydrogen) atoms. The van der Waals surface area contributed by atoms with Crippen LogP contribution >= 0.6 is 11.6 Å².